The summed E-state index contributed by atoms with van der Waals surface area (Å²) in [6, 6.07) is 0. The summed E-state index contributed by atoms with van der Waals surface area (Å²) in [6.07, 6.45) is 6.55. The van der Waals surface area contributed by atoms with Crippen molar-refractivity contribution in [3.8, 4) is 0 Å². The minimum Gasteiger partial charge on any atom is -0.243 e. The molecular formula is C10H11F. The van der Waals surface area contributed by atoms with E-state index in [1.54, 1.807) is 6.08 Å². The summed E-state index contributed by atoms with van der Waals surface area (Å²) in [6.45, 7) is 2.10. The molecule has 0 heterocycles. The fraction of sp³-hybridized carbons (Fsp3) is 0.400. The zero-order valence-electron chi connectivity index (χ0n) is 6.60. The zero-order chi connectivity index (χ0) is 7.84. The van der Waals surface area contributed by atoms with Crippen LogP contribution in [0.1, 0.15) is 19.8 Å². The van der Waals surface area contributed by atoms with E-state index in [0.29, 0.717) is 6.42 Å². The molecule has 0 N–H and O–H groups in total. The minimum atomic E-state index is -0.743. The first-order valence-electron chi connectivity index (χ1n) is 3.97. The first-order chi connectivity index (χ1) is 5.25. The maximum Gasteiger partial charge on any atom is 0.122 e. The molecule has 0 aliphatic heterocycles. The van der Waals surface area contributed by atoms with E-state index in [1.165, 1.54) is 16.7 Å². The van der Waals surface area contributed by atoms with E-state index in [9.17, 15) is 4.39 Å². The Labute approximate surface area is 66.1 Å². The van der Waals surface area contributed by atoms with Gasteiger partial charge in [0.05, 0.1) is 0 Å². The molecule has 0 fully saturated rings. The molecule has 1 unspecified atom stereocenters. The van der Waals surface area contributed by atoms with E-state index in [4.69, 9.17) is 0 Å². The maximum atomic E-state index is 12.8. The highest BCUT2D eigenvalue weighted by Crippen LogP contribution is 2.33. The van der Waals surface area contributed by atoms with Crippen LogP contribution < -0.4 is 0 Å². The average molecular weight is 150 g/mol. The van der Waals surface area contributed by atoms with E-state index >= 15 is 0 Å². The first kappa shape index (κ1) is 6.84. The molecular weight excluding hydrogens is 139 g/mol. The van der Waals surface area contributed by atoms with Crippen LogP contribution in [-0.2, 0) is 0 Å². The van der Waals surface area contributed by atoms with Crippen molar-refractivity contribution in [3.63, 3.8) is 0 Å². The van der Waals surface area contributed by atoms with Crippen molar-refractivity contribution in [1.29, 1.82) is 0 Å². The Morgan fingerprint density at radius 1 is 1.55 bits per heavy atom. The molecule has 0 saturated carbocycles. The summed E-state index contributed by atoms with van der Waals surface area (Å²) in [5.41, 5.74) is 3.88. The fourth-order valence-corrected chi connectivity index (χ4v) is 1.72. The molecule has 2 aliphatic rings. The Morgan fingerprint density at radius 2 is 2.36 bits per heavy atom. The highest BCUT2D eigenvalue weighted by molar-refractivity contribution is 5.47. The number of halogens is 1. The van der Waals surface area contributed by atoms with E-state index in [-0.39, 0.29) is 0 Å². The summed E-state index contributed by atoms with van der Waals surface area (Å²) >= 11 is 0. The van der Waals surface area contributed by atoms with Gasteiger partial charge >= 0.3 is 0 Å². The molecule has 0 bridgehead atoms. The van der Waals surface area contributed by atoms with Crippen molar-refractivity contribution < 1.29 is 4.39 Å². The molecule has 1 heteroatoms. The van der Waals surface area contributed by atoms with Crippen LogP contribution in [0.25, 0.3) is 0 Å². The Balaban J connectivity index is 2.26. The molecule has 2 aliphatic carbocycles. The summed E-state index contributed by atoms with van der Waals surface area (Å²) in [5, 5.41) is 0. The number of hydrogen-bond donors (Lipinski definition) is 0. The molecule has 0 nitrogen and oxygen atoms in total. The number of alkyl halides is 1. The Bertz CT molecular complexity index is 269. The van der Waals surface area contributed by atoms with Crippen LogP contribution >= 0.6 is 0 Å². The van der Waals surface area contributed by atoms with Crippen LogP contribution in [0, 0.1) is 0 Å². The van der Waals surface area contributed by atoms with Crippen LogP contribution in [0.5, 0.6) is 0 Å². The summed E-state index contributed by atoms with van der Waals surface area (Å²) < 4.78 is 12.8. The largest absolute Gasteiger partial charge is 0.243 e. The van der Waals surface area contributed by atoms with Crippen molar-refractivity contribution in [1.82, 2.24) is 0 Å². The average Bonchev–Trinajstić information content (AvgIpc) is 2.27. The molecule has 0 amide bonds. The summed E-state index contributed by atoms with van der Waals surface area (Å²) in [4.78, 5) is 0. The topological polar surface area (TPSA) is 0 Å². The molecule has 11 heavy (non-hydrogen) atoms. The van der Waals surface area contributed by atoms with Gasteiger partial charge in [0.1, 0.15) is 6.17 Å². The van der Waals surface area contributed by atoms with Crippen molar-refractivity contribution in [2.45, 2.75) is 25.9 Å². The fourth-order valence-electron chi connectivity index (χ4n) is 1.72. The molecule has 0 aromatic heterocycles. The molecule has 1 atom stereocenters. The van der Waals surface area contributed by atoms with Gasteiger partial charge in [-0.05, 0) is 25.0 Å². The van der Waals surface area contributed by atoms with Crippen molar-refractivity contribution in [2.75, 3.05) is 0 Å². The van der Waals surface area contributed by atoms with Crippen LogP contribution in [0.15, 0.2) is 34.9 Å². The summed E-state index contributed by atoms with van der Waals surface area (Å²) in [7, 11) is 0. The highest BCUT2D eigenvalue weighted by atomic mass is 19.1. The van der Waals surface area contributed by atoms with Gasteiger partial charge in [0.15, 0.2) is 0 Å². The lowest BCUT2D eigenvalue weighted by atomic mass is 9.98. The van der Waals surface area contributed by atoms with Crippen molar-refractivity contribution in [3.05, 3.63) is 34.9 Å². The Hall–Kier alpha value is -0.850. The third-order valence-corrected chi connectivity index (χ3v) is 2.23. The molecule has 0 spiro atoms. The Morgan fingerprint density at radius 3 is 3.18 bits per heavy atom. The predicted molar refractivity (Wildman–Crippen MR) is 44.1 cm³/mol. The smallest absolute Gasteiger partial charge is 0.122 e. The van der Waals surface area contributed by atoms with Crippen molar-refractivity contribution >= 4 is 0 Å². The van der Waals surface area contributed by atoms with Gasteiger partial charge in [-0.3, -0.25) is 0 Å². The van der Waals surface area contributed by atoms with Crippen LogP contribution in [-0.4, -0.2) is 6.17 Å². The third kappa shape index (κ3) is 1.15. The second-order valence-corrected chi connectivity index (χ2v) is 3.31. The van der Waals surface area contributed by atoms with E-state index < -0.39 is 6.17 Å². The van der Waals surface area contributed by atoms with E-state index in [1.807, 2.05) is 6.08 Å². The monoisotopic (exact) mass is 150 g/mol. The van der Waals surface area contributed by atoms with Gasteiger partial charge in [-0.25, -0.2) is 4.39 Å². The molecule has 0 radical (unpaired) electrons. The SMILES string of the molecule is CC1=CC2=C(C1)CC(F)C=C2. The number of rotatable bonds is 0. The van der Waals surface area contributed by atoms with Gasteiger partial charge < -0.3 is 0 Å². The lowest BCUT2D eigenvalue weighted by Gasteiger charge is -2.11. The third-order valence-electron chi connectivity index (χ3n) is 2.23. The lowest BCUT2D eigenvalue weighted by molar-refractivity contribution is 0.393. The second-order valence-electron chi connectivity index (χ2n) is 3.31. The molecule has 0 saturated heterocycles. The zero-order valence-corrected chi connectivity index (χ0v) is 6.60. The first-order valence-corrected chi connectivity index (χ1v) is 3.97. The molecule has 0 aromatic carbocycles. The van der Waals surface area contributed by atoms with Gasteiger partial charge in [0.25, 0.3) is 0 Å². The van der Waals surface area contributed by atoms with Gasteiger partial charge in [-0.15, -0.1) is 0 Å². The molecule has 2 rings (SSSR count). The predicted octanol–water partition coefficient (Wildman–Crippen LogP) is 2.93. The van der Waals surface area contributed by atoms with Gasteiger partial charge in [-0.1, -0.05) is 23.3 Å². The van der Waals surface area contributed by atoms with Gasteiger partial charge in [0.2, 0.25) is 0 Å². The maximum absolute atomic E-state index is 12.8. The van der Waals surface area contributed by atoms with Gasteiger partial charge in [-0.2, -0.15) is 0 Å². The van der Waals surface area contributed by atoms with Crippen LogP contribution in [0.3, 0.4) is 0 Å². The highest BCUT2D eigenvalue weighted by Gasteiger charge is 2.18. The lowest BCUT2D eigenvalue weighted by Crippen LogP contribution is -2.02. The summed E-state index contributed by atoms with van der Waals surface area (Å²) in [5.74, 6) is 0. The molecule has 0 aromatic rings. The quantitative estimate of drug-likeness (QED) is 0.498. The van der Waals surface area contributed by atoms with Crippen LogP contribution in [0.2, 0.25) is 0 Å². The Kier molecular flexibility index (Phi) is 1.45. The standard InChI is InChI=1S/C10H11F/c1-7-4-8-2-3-10(11)6-9(8)5-7/h2-4,10H,5-6H2,1H3. The van der Waals surface area contributed by atoms with E-state index in [2.05, 4.69) is 13.0 Å². The van der Waals surface area contributed by atoms with Crippen molar-refractivity contribution in [2.24, 2.45) is 0 Å². The van der Waals surface area contributed by atoms with E-state index in [0.717, 1.165) is 6.42 Å². The number of allylic oxidation sites excluding steroid dienone is 6. The van der Waals surface area contributed by atoms with Gasteiger partial charge in [0, 0.05) is 6.42 Å². The molecule has 58 valence electrons. The number of hydrogen-bond acceptors (Lipinski definition) is 0. The normalized spacial score (nSPS) is 28.9. The minimum absolute atomic E-state index is 0.611. The van der Waals surface area contributed by atoms with Crippen LogP contribution in [0.4, 0.5) is 4.39 Å². The second kappa shape index (κ2) is 2.33.